The molecule has 3 rings (SSSR count). The number of hydrogen-bond acceptors (Lipinski definition) is 2. The number of aryl methyl sites for hydroxylation is 1. The molecule has 1 aromatic carbocycles. The summed E-state index contributed by atoms with van der Waals surface area (Å²) in [6, 6.07) is 8.30. The average Bonchev–Trinajstić information content (AvgIpc) is 2.43. The fourth-order valence-electron chi connectivity index (χ4n) is 2.00. The van der Waals surface area contributed by atoms with E-state index in [1.807, 2.05) is 6.07 Å². The van der Waals surface area contributed by atoms with Gasteiger partial charge in [0.25, 0.3) is 0 Å². The topological polar surface area (TPSA) is 29.9 Å². The number of fused-ring (bicyclic) bond motifs is 1. The molecule has 2 heterocycles. The molecule has 5 heteroatoms. The van der Waals surface area contributed by atoms with Crippen molar-refractivity contribution in [3.8, 4) is 0 Å². The van der Waals surface area contributed by atoms with Crippen molar-refractivity contribution in [1.29, 1.82) is 0 Å². The van der Waals surface area contributed by atoms with Crippen LogP contribution >= 0.6 is 24.8 Å². The van der Waals surface area contributed by atoms with Crippen LogP contribution in [-0.2, 0) is 7.05 Å². The van der Waals surface area contributed by atoms with Crippen LogP contribution in [-0.4, -0.2) is 22.6 Å². The van der Waals surface area contributed by atoms with Gasteiger partial charge in [-0.3, -0.25) is 0 Å². The summed E-state index contributed by atoms with van der Waals surface area (Å²) in [5, 5.41) is 3.28. The van der Waals surface area contributed by atoms with Crippen molar-refractivity contribution < 1.29 is 0 Å². The van der Waals surface area contributed by atoms with Gasteiger partial charge in [0.15, 0.2) is 0 Å². The molecule has 0 aliphatic carbocycles. The second kappa shape index (κ2) is 5.04. The van der Waals surface area contributed by atoms with Gasteiger partial charge in [0.2, 0.25) is 0 Å². The van der Waals surface area contributed by atoms with E-state index in [9.17, 15) is 0 Å². The molecule has 2 aromatic rings. The molecule has 1 aliphatic heterocycles. The van der Waals surface area contributed by atoms with Crippen molar-refractivity contribution in [2.24, 2.45) is 7.05 Å². The lowest BCUT2D eigenvalue weighted by Gasteiger charge is -2.26. The standard InChI is InChI=1S/C11H13N3.2ClH/c1-14-10-5-3-2-4-9(10)13-11(14)8-6-12-7-8;;/h2-5,8,12H,6-7H2,1H3;2*1H. The first kappa shape index (κ1) is 13.3. The van der Waals surface area contributed by atoms with Crippen molar-refractivity contribution >= 4 is 35.8 Å². The Morgan fingerprint density at radius 3 is 2.50 bits per heavy atom. The molecule has 0 radical (unpaired) electrons. The molecule has 1 aliphatic rings. The van der Waals surface area contributed by atoms with Gasteiger partial charge in [-0.1, -0.05) is 12.1 Å². The second-order valence-corrected chi connectivity index (χ2v) is 3.87. The molecule has 0 atom stereocenters. The van der Waals surface area contributed by atoms with Crippen LogP contribution in [0.15, 0.2) is 24.3 Å². The van der Waals surface area contributed by atoms with E-state index >= 15 is 0 Å². The van der Waals surface area contributed by atoms with Crippen molar-refractivity contribution in [3.05, 3.63) is 30.1 Å². The van der Waals surface area contributed by atoms with Crippen LogP contribution < -0.4 is 5.32 Å². The van der Waals surface area contributed by atoms with E-state index in [1.54, 1.807) is 0 Å². The Morgan fingerprint density at radius 2 is 1.94 bits per heavy atom. The highest BCUT2D eigenvalue weighted by molar-refractivity contribution is 5.85. The molecule has 1 aromatic heterocycles. The van der Waals surface area contributed by atoms with Crippen LogP contribution in [0.1, 0.15) is 11.7 Å². The monoisotopic (exact) mass is 259 g/mol. The zero-order valence-corrected chi connectivity index (χ0v) is 10.6. The molecule has 0 bridgehead atoms. The maximum absolute atomic E-state index is 4.66. The largest absolute Gasteiger partial charge is 0.331 e. The number of nitrogens with one attached hydrogen (secondary N) is 1. The third-order valence-electron chi connectivity index (χ3n) is 2.97. The molecule has 1 saturated heterocycles. The Balaban J connectivity index is 0.000000640. The number of benzene rings is 1. The fraction of sp³-hybridized carbons (Fsp3) is 0.364. The predicted octanol–water partition coefficient (Wildman–Crippen LogP) is 2.10. The Hall–Kier alpha value is -0.770. The summed E-state index contributed by atoms with van der Waals surface area (Å²) < 4.78 is 2.21. The van der Waals surface area contributed by atoms with Crippen LogP contribution in [0, 0.1) is 0 Å². The summed E-state index contributed by atoms with van der Waals surface area (Å²) in [4.78, 5) is 4.66. The number of hydrogen-bond donors (Lipinski definition) is 1. The minimum Gasteiger partial charge on any atom is -0.331 e. The lowest BCUT2D eigenvalue weighted by Crippen LogP contribution is -2.41. The molecule has 1 fully saturated rings. The summed E-state index contributed by atoms with van der Waals surface area (Å²) >= 11 is 0. The van der Waals surface area contributed by atoms with Crippen LogP contribution in [0.25, 0.3) is 11.0 Å². The lowest BCUT2D eigenvalue weighted by molar-refractivity contribution is 0.423. The third-order valence-corrected chi connectivity index (χ3v) is 2.97. The van der Waals surface area contributed by atoms with E-state index in [2.05, 4.69) is 40.1 Å². The van der Waals surface area contributed by atoms with Crippen molar-refractivity contribution in [2.45, 2.75) is 5.92 Å². The number of para-hydroxylation sites is 2. The van der Waals surface area contributed by atoms with Gasteiger partial charge in [0, 0.05) is 26.1 Å². The highest BCUT2D eigenvalue weighted by atomic mass is 35.5. The number of rotatable bonds is 1. The van der Waals surface area contributed by atoms with E-state index in [0.717, 1.165) is 18.6 Å². The van der Waals surface area contributed by atoms with E-state index in [1.165, 1.54) is 11.3 Å². The van der Waals surface area contributed by atoms with E-state index in [4.69, 9.17) is 0 Å². The van der Waals surface area contributed by atoms with Gasteiger partial charge in [-0.05, 0) is 12.1 Å². The van der Waals surface area contributed by atoms with Gasteiger partial charge < -0.3 is 9.88 Å². The minimum atomic E-state index is 0. The van der Waals surface area contributed by atoms with Gasteiger partial charge >= 0.3 is 0 Å². The van der Waals surface area contributed by atoms with E-state index in [0.29, 0.717) is 5.92 Å². The van der Waals surface area contributed by atoms with Crippen LogP contribution in [0.3, 0.4) is 0 Å². The molecule has 1 N–H and O–H groups in total. The van der Waals surface area contributed by atoms with Gasteiger partial charge in [-0.2, -0.15) is 0 Å². The highest BCUT2D eigenvalue weighted by Crippen LogP contribution is 2.22. The van der Waals surface area contributed by atoms with E-state index in [-0.39, 0.29) is 24.8 Å². The summed E-state index contributed by atoms with van der Waals surface area (Å²) in [7, 11) is 2.10. The van der Waals surface area contributed by atoms with Crippen molar-refractivity contribution in [2.75, 3.05) is 13.1 Å². The maximum atomic E-state index is 4.66. The van der Waals surface area contributed by atoms with Gasteiger partial charge in [-0.15, -0.1) is 24.8 Å². The normalized spacial score (nSPS) is 15.1. The highest BCUT2D eigenvalue weighted by Gasteiger charge is 2.23. The average molecular weight is 260 g/mol. The molecule has 0 unspecified atom stereocenters. The summed E-state index contributed by atoms with van der Waals surface area (Å²) in [5.41, 5.74) is 2.34. The van der Waals surface area contributed by atoms with E-state index < -0.39 is 0 Å². The Bertz CT molecular complexity index is 477. The third kappa shape index (κ3) is 1.90. The van der Waals surface area contributed by atoms with Crippen LogP contribution in [0.5, 0.6) is 0 Å². The SMILES string of the molecule is Cl.Cl.Cn1c(C2CNC2)nc2ccccc21. The molecular formula is C11H15Cl2N3. The Morgan fingerprint density at radius 1 is 1.25 bits per heavy atom. The fourth-order valence-corrected chi connectivity index (χ4v) is 2.00. The smallest absolute Gasteiger partial charge is 0.115 e. The Kier molecular flexibility index (Phi) is 4.19. The molecule has 0 amide bonds. The molecule has 0 spiro atoms. The zero-order chi connectivity index (χ0) is 9.54. The number of halogens is 2. The number of aromatic nitrogens is 2. The quantitative estimate of drug-likeness (QED) is 0.851. The van der Waals surface area contributed by atoms with Gasteiger partial charge in [-0.25, -0.2) is 4.98 Å². The summed E-state index contributed by atoms with van der Waals surface area (Å²) in [6.45, 7) is 2.13. The predicted molar refractivity (Wildman–Crippen MR) is 70.8 cm³/mol. The number of imidazole rings is 1. The summed E-state index contributed by atoms with van der Waals surface area (Å²) in [5.74, 6) is 1.82. The molecule has 0 saturated carbocycles. The second-order valence-electron chi connectivity index (χ2n) is 3.87. The van der Waals surface area contributed by atoms with Gasteiger partial charge in [0.1, 0.15) is 5.82 Å². The first-order valence-electron chi connectivity index (χ1n) is 4.98. The first-order chi connectivity index (χ1) is 6.86. The Labute approximate surface area is 107 Å². The molecule has 88 valence electrons. The van der Waals surface area contributed by atoms with Crippen molar-refractivity contribution in [1.82, 2.24) is 14.9 Å². The minimum absolute atomic E-state index is 0. The number of nitrogens with zero attached hydrogens (tertiary/aromatic N) is 2. The molecular weight excluding hydrogens is 245 g/mol. The maximum Gasteiger partial charge on any atom is 0.115 e. The van der Waals surface area contributed by atoms with Gasteiger partial charge in [0.05, 0.1) is 11.0 Å². The lowest BCUT2D eigenvalue weighted by atomic mass is 10.0. The zero-order valence-electron chi connectivity index (χ0n) is 9.01. The molecule has 3 nitrogen and oxygen atoms in total. The summed E-state index contributed by atoms with van der Waals surface area (Å²) in [6.07, 6.45) is 0. The molecule has 16 heavy (non-hydrogen) atoms. The van der Waals surface area contributed by atoms with Crippen LogP contribution in [0.2, 0.25) is 0 Å². The van der Waals surface area contributed by atoms with Crippen molar-refractivity contribution in [3.63, 3.8) is 0 Å². The van der Waals surface area contributed by atoms with Crippen LogP contribution in [0.4, 0.5) is 0 Å². The first-order valence-corrected chi connectivity index (χ1v) is 4.98.